The second kappa shape index (κ2) is 4.79. The van der Waals surface area contributed by atoms with Gasteiger partial charge >= 0.3 is 6.36 Å². The van der Waals surface area contributed by atoms with E-state index in [9.17, 15) is 13.2 Å². The predicted octanol–water partition coefficient (Wildman–Crippen LogP) is 4.86. The summed E-state index contributed by atoms with van der Waals surface area (Å²) >= 11 is 1.43. The molecule has 102 valence electrons. The van der Waals surface area contributed by atoms with Crippen LogP contribution < -0.4 is 4.74 Å². The molecule has 0 saturated carbocycles. The molecule has 0 bridgehead atoms. The van der Waals surface area contributed by atoms with Crippen LogP contribution in [-0.2, 0) is 0 Å². The third-order valence-electron chi connectivity index (χ3n) is 2.61. The molecule has 0 amide bonds. The molecular formula is C14H8F3NOS. The minimum absolute atomic E-state index is 0.241. The molecule has 3 aromatic rings. The van der Waals surface area contributed by atoms with Gasteiger partial charge in [0.15, 0.2) is 0 Å². The Labute approximate surface area is 116 Å². The van der Waals surface area contributed by atoms with Crippen molar-refractivity contribution >= 4 is 21.6 Å². The molecule has 2 nitrogen and oxygen atoms in total. The van der Waals surface area contributed by atoms with E-state index in [-0.39, 0.29) is 5.75 Å². The lowest BCUT2D eigenvalue weighted by atomic mass is 10.2. The molecule has 0 radical (unpaired) electrons. The van der Waals surface area contributed by atoms with E-state index >= 15 is 0 Å². The summed E-state index contributed by atoms with van der Waals surface area (Å²) in [5.74, 6) is -0.241. The largest absolute Gasteiger partial charge is 0.573 e. The van der Waals surface area contributed by atoms with E-state index < -0.39 is 6.36 Å². The fourth-order valence-electron chi connectivity index (χ4n) is 1.82. The van der Waals surface area contributed by atoms with Crippen LogP contribution in [-0.4, -0.2) is 11.3 Å². The summed E-state index contributed by atoms with van der Waals surface area (Å²) in [6.07, 6.45) is -4.69. The molecule has 0 aliphatic heterocycles. The third-order valence-corrected chi connectivity index (χ3v) is 3.69. The molecule has 0 N–H and O–H groups in total. The smallest absolute Gasteiger partial charge is 0.406 e. The molecule has 0 atom stereocenters. The van der Waals surface area contributed by atoms with Crippen LogP contribution in [0.15, 0.2) is 48.5 Å². The standard InChI is InChI=1S/C14H8F3NOS/c15-14(16,17)19-10-5-3-4-9(8-10)13-18-11-6-1-2-7-12(11)20-13/h1-8H. The van der Waals surface area contributed by atoms with Gasteiger partial charge < -0.3 is 4.74 Å². The predicted molar refractivity (Wildman–Crippen MR) is 71.7 cm³/mol. The lowest BCUT2D eigenvalue weighted by Crippen LogP contribution is -2.17. The highest BCUT2D eigenvalue weighted by Crippen LogP contribution is 2.32. The van der Waals surface area contributed by atoms with Crippen molar-refractivity contribution in [1.29, 1.82) is 0 Å². The number of aromatic nitrogens is 1. The third kappa shape index (κ3) is 2.75. The van der Waals surface area contributed by atoms with Crippen LogP contribution in [0.1, 0.15) is 0 Å². The minimum atomic E-state index is -4.69. The first kappa shape index (κ1) is 12.9. The molecule has 0 spiro atoms. The van der Waals surface area contributed by atoms with E-state index in [1.54, 1.807) is 6.07 Å². The Hall–Kier alpha value is -2.08. The fourth-order valence-corrected chi connectivity index (χ4v) is 2.78. The zero-order valence-electron chi connectivity index (χ0n) is 10.0. The van der Waals surface area contributed by atoms with Gasteiger partial charge in [-0.15, -0.1) is 24.5 Å². The Morgan fingerprint density at radius 2 is 1.80 bits per heavy atom. The van der Waals surface area contributed by atoms with Gasteiger partial charge in [0, 0.05) is 5.56 Å². The average molecular weight is 295 g/mol. The van der Waals surface area contributed by atoms with Crippen LogP contribution in [0.5, 0.6) is 5.75 Å². The monoisotopic (exact) mass is 295 g/mol. The second-order valence-corrected chi connectivity index (χ2v) is 5.09. The summed E-state index contributed by atoms with van der Waals surface area (Å²) < 4.78 is 41.5. The maximum Gasteiger partial charge on any atom is 0.573 e. The number of hydrogen-bond donors (Lipinski definition) is 0. The molecule has 1 heterocycles. The van der Waals surface area contributed by atoms with Gasteiger partial charge in [-0.1, -0.05) is 24.3 Å². The van der Waals surface area contributed by atoms with Crippen LogP contribution in [0.2, 0.25) is 0 Å². The molecule has 0 saturated heterocycles. The quantitative estimate of drug-likeness (QED) is 0.673. The number of thiazole rings is 1. The van der Waals surface area contributed by atoms with E-state index in [0.29, 0.717) is 10.6 Å². The average Bonchev–Trinajstić information content (AvgIpc) is 2.80. The van der Waals surface area contributed by atoms with Crippen LogP contribution in [0.3, 0.4) is 0 Å². The van der Waals surface area contributed by atoms with Crippen molar-refractivity contribution in [3.8, 4) is 16.3 Å². The molecule has 3 rings (SSSR count). The highest BCUT2D eigenvalue weighted by atomic mass is 32.1. The summed E-state index contributed by atoms with van der Waals surface area (Å²) in [6, 6.07) is 13.4. The maximum absolute atomic E-state index is 12.2. The van der Waals surface area contributed by atoms with E-state index in [0.717, 1.165) is 10.2 Å². The Morgan fingerprint density at radius 1 is 1.00 bits per heavy atom. The van der Waals surface area contributed by atoms with Crippen molar-refractivity contribution < 1.29 is 17.9 Å². The molecule has 0 aliphatic carbocycles. The highest BCUT2D eigenvalue weighted by molar-refractivity contribution is 7.21. The maximum atomic E-state index is 12.2. The van der Waals surface area contributed by atoms with Crippen molar-refractivity contribution in [2.75, 3.05) is 0 Å². The summed E-state index contributed by atoms with van der Waals surface area (Å²) in [7, 11) is 0. The van der Waals surface area contributed by atoms with E-state index in [1.807, 2.05) is 24.3 Å². The van der Waals surface area contributed by atoms with Gasteiger partial charge in [-0.2, -0.15) is 0 Å². The summed E-state index contributed by atoms with van der Waals surface area (Å²) in [6.45, 7) is 0. The number of alkyl halides is 3. The fraction of sp³-hybridized carbons (Fsp3) is 0.0714. The number of hydrogen-bond acceptors (Lipinski definition) is 3. The Kier molecular flexibility index (Phi) is 3.10. The molecule has 0 fully saturated rings. The first-order valence-electron chi connectivity index (χ1n) is 5.73. The van der Waals surface area contributed by atoms with E-state index in [2.05, 4.69) is 9.72 Å². The summed E-state index contributed by atoms with van der Waals surface area (Å²) in [5.41, 5.74) is 1.43. The number of halogens is 3. The van der Waals surface area contributed by atoms with Gasteiger partial charge in [-0.3, -0.25) is 0 Å². The van der Waals surface area contributed by atoms with E-state index in [1.165, 1.54) is 29.5 Å². The first-order valence-corrected chi connectivity index (χ1v) is 6.55. The Bertz CT molecular complexity index is 718. The van der Waals surface area contributed by atoms with Gasteiger partial charge in [0.2, 0.25) is 0 Å². The second-order valence-electron chi connectivity index (χ2n) is 4.06. The van der Waals surface area contributed by atoms with E-state index in [4.69, 9.17) is 0 Å². The SMILES string of the molecule is FC(F)(F)Oc1cccc(-c2nc3ccccc3s2)c1. The molecule has 0 unspecified atom stereocenters. The topological polar surface area (TPSA) is 22.1 Å². The number of rotatable bonds is 2. The molecule has 0 aliphatic rings. The highest BCUT2D eigenvalue weighted by Gasteiger charge is 2.31. The van der Waals surface area contributed by atoms with Crippen molar-refractivity contribution in [3.63, 3.8) is 0 Å². The first-order chi connectivity index (χ1) is 9.51. The van der Waals surface area contributed by atoms with Crippen molar-refractivity contribution in [1.82, 2.24) is 4.98 Å². The number of ether oxygens (including phenoxy) is 1. The van der Waals surface area contributed by atoms with Crippen molar-refractivity contribution in [3.05, 3.63) is 48.5 Å². The van der Waals surface area contributed by atoms with Gasteiger partial charge in [0.1, 0.15) is 10.8 Å². The van der Waals surface area contributed by atoms with Crippen molar-refractivity contribution in [2.24, 2.45) is 0 Å². The Balaban J connectivity index is 1.99. The van der Waals surface area contributed by atoms with Gasteiger partial charge in [-0.25, -0.2) is 4.98 Å². The van der Waals surface area contributed by atoms with Gasteiger partial charge in [-0.05, 0) is 24.3 Å². The Morgan fingerprint density at radius 3 is 2.55 bits per heavy atom. The summed E-state index contributed by atoms with van der Waals surface area (Å²) in [4.78, 5) is 4.40. The van der Waals surface area contributed by atoms with Gasteiger partial charge in [0.05, 0.1) is 10.2 Å². The molecule has 20 heavy (non-hydrogen) atoms. The zero-order valence-corrected chi connectivity index (χ0v) is 10.8. The van der Waals surface area contributed by atoms with Crippen molar-refractivity contribution in [2.45, 2.75) is 6.36 Å². The molecule has 6 heteroatoms. The van der Waals surface area contributed by atoms with Crippen LogP contribution in [0.4, 0.5) is 13.2 Å². The minimum Gasteiger partial charge on any atom is -0.406 e. The number of nitrogens with zero attached hydrogens (tertiary/aromatic N) is 1. The number of fused-ring (bicyclic) bond motifs is 1. The summed E-state index contributed by atoms with van der Waals surface area (Å²) in [5, 5.41) is 0.666. The normalized spacial score (nSPS) is 11.8. The van der Waals surface area contributed by atoms with Crippen LogP contribution >= 0.6 is 11.3 Å². The zero-order chi connectivity index (χ0) is 14.2. The van der Waals surface area contributed by atoms with Gasteiger partial charge in [0.25, 0.3) is 0 Å². The van der Waals surface area contributed by atoms with Crippen LogP contribution in [0.25, 0.3) is 20.8 Å². The van der Waals surface area contributed by atoms with Crippen LogP contribution in [0, 0.1) is 0 Å². The molecule has 2 aromatic carbocycles. The molecular weight excluding hydrogens is 287 g/mol. The number of benzene rings is 2. The molecule has 1 aromatic heterocycles. The lowest BCUT2D eigenvalue weighted by Gasteiger charge is -2.09. The lowest BCUT2D eigenvalue weighted by molar-refractivity contribution is -0.274. The number of para-hydroxylation sites is 1.